The van der Waals surface area contributed by atoms with Gasteiger partial charge in [0.05, 0.1) is 41.2 Å². The second kappa shape index (κ2) is 13.9. The van der Waals surface area contributed by atoms with Crippen molar-refractivity contribution >= 4 is 58.3 Å². The molecule has 0 aromatic heterocycles. The number of carboxylic acids is 1. The first-order valence-electron chi connectivity index (χ1n) is 12.1. The molecule has 1 aliphatic rings. The second-order valence-electron chi connectivity index (χ2n) is 8.91. The van der Waals surface area contributed by atoms with Crippen molar-refractivity contribution in [3.63, 3.8) is 0 Å². The Morgan fingerprint density at radius 2 is 1.74 bits per heavy atom. The second-order valence-corrected chi connectivity index (χ2v) is 9.72. The van der Waals surface area contributed by atoms with Crippen molar-refractivity contribution in [2.75, 3.05) is 37.7 Å². The van der Waals surface area contributed by atoms with Crippen molar-refractivity contribution in [3.8, 4) is 0 Å². The van der Waals surface area contributed by atoms with E-state index in [9.17, 15) is 24.3 Å². The van der Waals surface area contributed by atoms with Gasteiger partial charge in [-0.2, -0.15) is 0 Å². The van der Waals surface area contributed by atoms with Crippen LogP contribution in [0.1, 0.15) is 39.1 Å². The molecule has 3 rings (SSSR count). The molecule has 1 atom stereocenters. The van der Waals surface area contributed by atoms with Gasteiger partial charge in [0.1, 0.15) is 6.04 Å². The molecule has 0 saturated carbocycles. The molecule has 13 heteroatoms. The monoisotopic (exact) mass is 577 g/mol. The number of aliphatic carboxylic acids is 1. The van der Waals surface area contributed by atoms with Crippen molar-refractivity contribution in [1.82, 2.24) is 10.6 Å². The molecule has 11 nitrogen and oxygen atoms in total. The van der Waals surface area contributed by atoms with E-state index in [-0.39, 0.29) is 47.3 Å². The van der Waals surface area contributed by atoms with Crippen LogP contribution in [0.5, 0.6) is 0 Å². The van der Waals surface area contributed by atoms with Crippen LogP contribution in [0.4, 0.5) is 5.69 Å². The van der Waals surface area contributed by atoms with Crippen LogP contribution in [-0.4, -0.2) is 73.4 Å². The number of Topliss-reactive ketones (excluding diaryl/α,β-unsaturated/α-hetero) is 1. The standard InChI is InChI=1S/C26H29Cl2N5O6/c27-19-12-17(33-6-8-39-9-7-33)13-20(28)23(19)25(36)32-21(26(37)38)5-4-18(34)14-31-24(35)16-3-1-2-15(10-16)11-22(29)30/h1-3,10,12-13,21H,4-9,11,14H2,(H3,29,30)(H,31,35)(H,32,36)(H,37,38)/t21-/m0/s1. The van der Waals surface area contributed by atoms with E-state index in [0.29, 0.717) is 37.4 Å². The number of ether oxygens (including phenoxy) is 1. The van der Waals surface area contributed by atoms with E-state index in [1.54, 1.807) is 36.4 Å². The number of nitrogens with one attached hydrogen (secondary N) is 3. The van der Waals surface area contributed by atoms with E-state index in [1.165, 1.54) is 0 Å². The van der Waals surface area contributed by atoms with Gasteiger partial charge in [-0.25, -0.2) is 4.79 Å². The zero-order chi connectivity index (χ0) is 28.5. The third kappa shape index (κ3) is 8.67. The molecule has 0 aliphatic carbocycles. The molecule has 6 N–H and O–H groups in total. The highest BCUT2D eigenvalue weighted by molar-refractivity contribution is 6.40. The van der Waals surface area contributed by atoms with Crippen LogP contribution in [0.2, 0.25) is 10.0 Å². The predicted octanol–water partition coefficient (Wildman–Crippen LogP) is 2.27. The largest absolute Gasteiger partial charge is 0.480 e. The Morgan fingerprint density at radius 3 is 2.36 bits per heavy atom. The van der Waals surface area contributed by atoms with E-state index in [1.807, 2.05) is 4.90 Å². The third-order valence-corrected chi connectivity index (χ3v) is 6.57. The first-order valence-corrected chi connectivity index (χ1v) is 12.9. The Kier molecular flexibility index (Phi) is 10.7. The Labute approximate surface area is 235 Å². The molecule has 0 radical (unpaired) electrons. The molecular formula is C26H29Cl2N5O6. The number of carbonyl (C=O) groups is 4. The van der Waals surface area contributed by atoms with Crippen molar-refractivity contribution in [3.05, 3.63) is 63.1 Å². The SMILES string of the molecule is N=C(N)Cc1cccc(C(=O)NCC(=O)CC[C@H](NC(=O)c2c(Cl)cc(N3CCOCC3)cc2Cl)C(=O)O)c1. The van der Waals surface area contributed by atoms with Crippen LogP contribution in [0.15, 0.2) is 36.4 Å². The molecule has 2 amide bonds. The summed E-state index contributed by atoms with van der Waals surface area (Å²) in [7, 11) is 0. The highest BCUT2D eigenvalue weighted by Crippen LogP contribution is 2.31. The fourth-order valence-electron chi connectivity index (χ4n) is 3.99. The van der Waals surface area contributed by atoms with Crippen LogP contribution in [0.25, 0.3) is 0 Å². The van der Waals surface area contributed by atoms with Crippen LogP contribution < -0.4 is 21.3 Å². The number of rotatable bonds is 12. The smallest absolute Gasteiger partial charge is 0.326 e. The van der Waals surface area contributed by atoms with Crippen LogP contribution >= 0.6 is 23.2 Å². The summed E-state index contributed by atoms with van der Waals surface area (Å²) in [6, 6.07) is 8.29. The topological polar surface area (TPSA) is 175 Å². The molecule has 2 aromatic rings. The Morgan fingerprint density at radius 1 is 1.08 bits per heavy atom. The van der Waals surface area contributed by atoms with Crippen molar-refractivity contribution in [2.45, 2.75) is 25.3 Å². The van der Waals surface area contributed by atoms with Gasteiger partial charge in [0, 0.05) is 37.2 Å². The van der Waals surface area contributed by atoms with Gasteiger partial charge in [-0.15, -0.1) is 0 Å². The molecule has 208 valence electrons. The number of carboxylic acid groups (broad SMARTS) is 1. The number of benzene rings is 2. The maximum absolute atomic E-state index is 12.9. The van der Waals surface area contributed by atoms with E-state index in [2.05, 4.69) is 10.6 Å². The van der Waals surface area contributed by atoms with Gasteiger partial charge in [-0.3, -0.25) is 19.8 Å². The quantitative estimate of drug-likeness (QED) is 0.188. The average Bonchev–Trinajstić information content (AvgIpc) is 2.89. The first kappa shape index (κ1) is 29.9. The minimum absolute atomic E-state index is 0.0441. The van der Waals surface area contributed by atoms with Gasteiger partial charge in [0.15, 0.2) is 5.78 Å². The molecule has 1 fully saturated rings. The summed E-state index contributed by atoms with van der Waals surface area (Å²) < 4.78 is 5.33. The van der Waals surface area contributed by atoms with Gasteiger partial charge in [-0.05, 0) is 36.2 Å². The van der Waals surface area contributed by atoms with Gasteiger partial charge < -0.3 is 31.1 Å². The highest BCUT2D eigenvalue weighted by atomic mass is 35.5. The fourth-order valence-corrected chi connectivity index (χ4v) is 4.63. The Balaban J connectivity index is 1.55. The minimum Gasteiger partial charge on any atom is -0.480 e. The molecule has 2 aromatic carbocycles. The first-order chi connectivity index (χ1) is 18.5. The number of carbonyl (C=O) groups excluding carboxylic acids is 3. The molecule has 0 unspecified atom stereocenters. The molecule has 0 spiro atoms. The van der Waals surface area contributed by atoms with E-state index in [0.717, 1.165) is 5.69 Å². The number of morpholine rings is 1. The number of hydrogen-bond donors (Lipinski definition) is 5. The van der Waals surface area contributed by atoms with Crippen LogP contribution in [-0.2, 0) is 20.7 Å². The number of hydrogen-bond acceptors (Lipinski definition) is 7. The lowest BCUT2D eigenvalue weighted by Crippen LogP contribution is -2.41. The summed E-state index contributed by atoms with van der Waals surface area (Å²) in [4.78, 5) is 51.4. The Hall–Kier alpha value is -3.67. The lowest BCUT2D eigenvalue weighted by Gasteiger charge is -2.29. The average molecular weight is 578 g/mol. The maximum atomic E-state index is 12.9. The lowest BCUT2D eigenvalue weighted by molar-refractivity contribution is -0.139. The molecule has 39 heavy (non-hydrogen) atoms. The number of ketones is 1. The number of halogens is 2. The van der Waals surface area contributed by atoms with Crippen molar-refractivity contribution < 1.29 is 29.0 Å². The van der Waals surface area contributed by atoms with Crippen molar-refractivity contribution in [1.29, 1.82) is 5.41 Å². The summed E-state index contributed by atoms with van der Waals surface area (Å²) in [5.74, 6) is -3.08. The number of nitrogens with zero attached hydrogens (tertiary/aromatic N) is 1. The predicted molar refractivity (Wildman–Crippen MR) is 147 cm³/mol. The van der Waals surface area contributed by atoms with Crippen molar-refractivity contribution in [2.24, 2.45) is 5.73 Å². The van der Waals surface area contributed by atoms with E-state index < -0.39 is 29.6 Å². The fraction of sp³-hybridized carbons (Fsp3) is 0.346. The van der Waals surface area contributed by atoms with E-state index in [4.69, 9.17) is 39.1 Å². The zero-order valence-corrected chi connectivity index (χ0v) is 22.5. The van der Waals surface area contributed by atoms with Crippen LogP contribution in [0.3, 0.4) is 0 Å². The summed E-state index contributed by atoms with van der Waals surface area (Å²) >= 11 is 12.7. The lowest BCUT2D eigenvalue weighted by atomic mass is 10.1. The number of nitrogens with two attached hydrogens (primary N) is 1. The summed E-state index contributed by atoms with van der Waals surface area (Å²) in [5.41, 5.74) is 7.02. The minimum atomic E-state index is -1.38. The summed E-state index contributed by atoms with van der Waals surface area (Å²) in [5, 5.41) is 21.9. The number of amides is 2. The summed E-state index contributed by atoms with van der Waals surface area (Å²) in [6.45, 7) is 2.06. The number of amidine groups is 1. The summed E-state index contributed by atoms with van der Waals surface area (Å²) in [6.07, 6.45) is -0.221. The van der Waals surface area contributed by atoms with Gasteiger partial charge in [0.25, 0.3) is 11.8 Å². The molecule has 1 saturated heterocycles. The Bertz CT molecular complexity index is 1240. The van der Waals surface area contributed by atoms with Gasteiger partial charge in [0.2, 0.25) is 0 Å². The van der Waals surface area contributed by atoms with Gasteiger partial charge in [-0.1, -0.05) is 35.3 Å². The zero-order valence-electron chi connectivity index (χ0n) is 21.0. The molecular weight excluding hydrogens is 549 g/mol. The van der Waals surface area contributed by atoms with E-state index >= 15 is 0 Å². The highest BCUT2D eigenvalue weighted by Gasteiger charge is 2.25. The molecule has 1 aliphatic heterocycles. The number of anilines is 1. The maximum Gasteiger partial charge on any atom is 0.326 e. The van der Waals surface area contributed by atoms with Gasteiger partial charge >= 0.3 is 5.97 Å². The normalized spacial score (nSPS) is 13.8. The van der Waals surface area contributed by atoms with Crippen LogP contribution in [0, 0.1) is 5.41 Å². The third-order valence-electron chi connectivity index (χ3n) is 5.98. The molecule has 1 heterocycles. The molecule has 0 bridgehead atoms.